The fraction of sp³-hybridized carbons (Fsp3) is 0.400. The second-order valence-corrected chi connectivity index (χ2v) is 4.30. The molecule has 0 amide bonds. The van der Waals surface area contributed by atoms with Crippen molar-refractivity contribution < 1.29 is 14.9 Å². The summed E-state index contributed by atoms with van der Waals surface area (Å²) in [5, 5.41) is 19.6. The maximum Gasteiger partial charge on any atom is 0.133 e. The van der Waals surface area contributed by atoms with E-state index in [0.717, 1.165) is 0 Å². The molecule has 1 aliphatic rings. The Morgan fingerprint density at radius 2 is 2.07 bits per heavy atom. The van der Waals surface area contributed by atoms with Crippen LogP contribution in [0.15, 0.2) is 16.6 Å². The summed E-state index contributed by atoms with van der Waals surface area (Å²) in [6.07, 6.45) is 1.37. The van der Waals surface area contributed by atoms with Crippen molar-refractivity contribution in [2.45, 2.75) is 18.4 Å². The van der Waals surface area contributed by atoms with Gasteiger partial charge in [0, 0.05) is 5.56 Å². The first-order valence-electron chi connectivity index (χ1n) is 4.37. The molecule has 0 aliphatic heterocycles. The Balaban J connectivity index is 2.56. The van der Waals surface area contributed by atoms with Crippen LogP contribution in [0.3, 0.4) is 0 Å². The van der Waals surface area contributed by atoms with Crippen molar-refractivity contribution in [3.8, 4) is 11.5 Å². The number of aromatic hydroxyl groups is 1. The molecule has 0 radical (unpaired) electrons. The fourth-order valence-corrected chi connectivity index (χ4v) is 2.38. The van der Waals surface area contributed by atoms with E-state index in [2.05, 4.69) is 15.9 Å². The minimum atomic E-state index is -0.864. The number of phenolic OH excluding ortho intramolecular Hbond substituents is 1. The van der Waals surface area contributed by atoms with Gasteiger partial charge in [-0.05, 0) is 40.9 Å². The zero-order valence-corrected chi connectivity index (χ0v) is 9.34. The van der Waals surface area contributed by atoms with Gasteiger partial charge < -0.3 is 14.9 Å². The second kappa shape index (κ2) is 3.14. The van der Waals surface area contributed by atoms with Crippen LogP contribution in [0.5, 0.6) is 11.5 Å². The minimum absolute atomic E-state index is 0.109. The number of methoxy groups -OCH3 is 1. The van der Waals surface area contributed by atoms with Gasteiger partial charge in [0.15, 0.2) is 0 Å². The lowest BCUT2D eigenvalue weighted by Gasteiger charge is -2.15. The van der Waals surface area contributed by atoms with Crippen molar-refractivity contribution in [1.82, 2.24) is 0 Å². The van der Waals surface area contributed by atoms with Crippen LogP contribution in [0, 0.1) is 0 Å². The fourth-order valence-electron chi connectivity index (χ4n) is 1.52. The summed E-state index contributed by atoms with van der Waals surface area (Å²) in [7, 11) is 1.55. The number of benzene rings is 1. The molecule has 0 spiro atoms. The van der Waals surface area contributed by atoms with Crippen molar-refractivity contribution >= 4 is 15.9 Å². The molecule has 0 aromatic heterocycles. The van der Waals surface area contributed by atoms with Crippen molar-refractivity contribution in [3.05, 3.63) is 22.2 Å². The summed E-state index contributed by atoms with van der Waals surface area (Å²) in [5.41, 5.74) is -0.325. The highest BCUT2D eigenvalue weighted by Gasteiger charge is 2.46. The smallest absolute Gasteiger partial charge is 0.133 e. The highest BCUT2D eigenvalue weighted by atomic mass is 79.9. The predicted octanol–water partition coefficient (Wildman–Crippen LogP) is 2.14. The van der Waals surface area contributed by atoms with Crippen molar-refractivity contribution in [2.24, 2.45) is 0 Å². The Hall–Kier alpha value is -0.740. The van der Waals surface area contributed by atoms with Crippen LogP contribution in [0.25, 0.3) is 0 Å². The van der Waals surface area contributed by atoms with E-state index in [0.29, 0.717) is 28.6 Å². The molecule has 1 aliphatic carbocycles. The highest BCUT2D eigenvalue weighted by Crippen LogP contribution is 2.53. The average Bonchev–Trinajstić information content (AvgIpc) is 2.85. The zero-order chi connectivity index (χ0) is 10.3. The van der Waals surface area contributed by atoms with Gasteiger partial charge in [-0.3, -0.25) is 0 Å². The van der Waals surface area contributed by atoms with Crippen LogP contribution in [0.4, 0.5) is 0 Å². The van der Waals surface area contributed by atoms with Gasteiger partial charge in [-0.1, -0.05) is 0 Å². The van der Waals surface area contributed by atoms with Crippen LogP contribution in [-0.4, -0.2) is 17.3 Å². The SMILES string of the molecule is COc1ccc(O)c(C2(O)CC2)c1Br. The molecule has 0 bridgehead atoms. The normalized spacial score (nSPS) is 17.9. The summed E-state index contributed by atoms with van der Waals surface area (Å²) in [6.45, 7) is 0. The Kier molecular flexibility index (Phi) is 2.20. The second-order valence-electron chi connectivity index (χ2n) is 3.51. The lowest BCUT2D eigenvalue weighted by molar-refractivity contribution is 0.146. The predicted molar refractivity (Wildman–Crippen MR) is 55.5 cm³/mol. The third-order valence-electron chi connectivity index (χ3n) is 2.49. The van der Waals surface area contributed by atoms with Gasteiger partial charge in [0.1, 0.15) is 11.5 Å². The van der Waals surface area contributed by atoms with Crippen molar-refractivity contribution in [1.29, 1.82) is 0 Å². The molecule has 3 nitrogen and oxygen atoms in total. The van der Waals surface area contributed by atoms with Gasteiger partial charge in [0.25, 0.3) is 0 Å². The van der Waals surface area contributed by atoms with E-state index in [4.69, 9.17) is 4.74 Å². The lowest BCUT2D eigenvalue weighted by Crippen LogP contribution is -2.06. The number of rotatable bonds is 2. The summed E-state index contributed by atoms with van der Waals surface area (Å²) in [5.74, 6) is 0.732. The summed E-state index contributed by atoms with van der Waals surface area (Å²) < 4.78 is 5.73. The maximum absolute atomic E-state index is 9.94. The van der Waals surface area contributed by atoms with Crippen molar-refractivity contribution in [2.75, 3.05) is 7.11 Å². The molecule has 1 aromatic rings. The molecular formula is C10H11BrO3. The molecule has 0 unspecified atom stereocenters. The zero-order valence-electron chi connectivity index (χ0n) is 7.75. The van der Waals surface area contributed by atoms with E-state index in [1.165, 1.54) is 6.07 Å². The first-order valence-corrected chi connectivity index (χ1v) is 5.16. The summed E-state index contributed by atoms with van der Waals surface area (Å²) in [4.78, 5) is 0. The van der Waals surface area contributed by atoms with Crippen LogP contribution in [0.1, 0.15) is 18.4 Å². The quantitative estimate of drug-likeness (QED) is 0.855. The number of halogens is 1. The largest absolute Gasteiger partial charge is 0.508 e. The number of phenols is 1. The number of hydrogen-bond donors (Lipinski definition) is 2. The van der Waals surface area contributed by atoms with Gasteiger partial charge in [-0.25, -0.2) is 0 Å². The Labute approximate surface area is 90.5 Å². The Morgan fingerprint density at radius 3 is 2.57 bits per heavy atom. The monoisotopic (exact) mass is 258 g/mol. The third kappa shape index (κ3) is 1.38. The van der Waals surface area contributed by atoms with Gasteiger partial charge in [0.2, 0.25) is 0 Å². The highest BCUT2D eigenvalue weighted by molar-refractivity contribution is 9.10. The number of aliphatic hydroxyl groups is 1. The molecule has 14 heavy (non-hydrogen) atoms. The minimum Gasteiger partial charge on any atom is -0.508 e. The Bertz CT molecular complexity index is 372. The van der Waals surface area contributed by atoms with Crippen LogP contribution >= 0.6 is 15.9 Å². The summed E-state index contributed by atoms with van der Waals surface area (Å²) in [6, 6.07) is 3.20. The van der Waals surface area contributed by atoms with Crippen LogP contribution in [-0.2, 0) is 5.60 Å². The van der Waals surface area contributed by atoms with Crippen molar-refractivity contribution in [3.63, 3.8) is 0 Å². The van der Waals surface area contributed by atoms with E-state index in [1.807, 2.05) is 0 Å². The van der Waals surface area contributed by atoms with Gasteiger partial charge >= 0.3 is 0 Å². The van der Waals surface area contributed by atoms with E-state index in [9.17, 15) is 10.2 Å². The van der Waals surface area contributed by atoms with Gasteiger partial charge in [-0.2, -0.15) is 0 Å². The van der Waals surface area contributed by atoms with E-state index in [1.54, 1.807) is 13.2 Å². The molecule has 0 heterocycles. The molecular weight excluding hydrogens is 248 g/mol. The molecule has 0 atom stereocenters. The van der Waals surface area contributed by atoms with Gasteiger partial charge in [0.05, 0.1) is 17.2 Å². The number of hydrogen-bond acceptors (Lipinski definition) is 3. The van der Waals surface area contributed by atoms with Crippen LogP contribution in [0.2, 0.25) is 0 Å². The maximum atomic E-state index is 9.94. The first-order chi connectivity index (χ1) is 6.58. The summed E-state index contributed by atoms with van der Waals surface area (Å²) >= 11 is 3.32. The molecule has 1 aromatic carbocycles. The molecule has 76 valence electrons. The average molecular weight is 259 g/mol. The third-order valence-corrected chi connectivity index (χ3v) is 3.28. The van der Waals surface area contributed by atoms with Gasteiger partial charge in [-0.15, -0.1) is 0 Å². The van der Waals surface area contributed by atoms with Crippen LogP contribution < -0.4 is 4.74 Å². The topological polar surface area (TPSA) is 49.7 Å². The molecule has 2 rings (SSSR count). The molecule has 1 fully saturated rings. The van der Waals surface area contributed by atoms with E-state index >= 15 is 0 Å². The van der Waals surface area contributed by atoms with E-state index < -0.39 is 5.60 Å². The Morgan fingerprint density at radius 1 is 1.43 bits per heavy atom. The molecule has 1 saturated carbocycles. The number of ether oxygens (including phenoxy) is 1. The molecule has 0 saturated heterocycles. The standard InChI is InChI=1S/C10H11BrO3/c1-14-7-3-2-6(12)8(9(7)11)10(13)4-5-10/h2-3,12-13H,4-5H2,1H3. The van der Waals surface area contributed by atoms with E-state index in [-0.39, 0.29) is 5.75 Å². The molecule has 2 N–H and O–H groups in total. The first kappa shape index (κ1) is 9.80. The lowest BCUT2D eigenvalue weighted by atomic mass is 10.1. The molecule has 4 heteroatoms.